The highest BCUT2D eigenvalue weighted by molar-refractivity contribution is 5.84. The molecule has 0 fully saturated rings. The Bertz CT molecular complexity index is 383. The van der Waals surface area contributed by atoms with Crippen LogP contribution in [0.15, 0.2) is 0 Å². The van der Waals surface area contributed by atoms with Crippen LogP contribution in [0.2, 0.25) is 0 Å². The van der Waals surface area contributed by atoms with Gasteiger partial charge in [0.05, 0.1) is 6.42 Å². The molecule has 0 saturated heterocycles. The summed E-state index contributed by atoms with van der Waals surface area (Å²) in [5.74, 6) is 0.556. The van der Waals surface area contributed by atoms with Gasteiger partial charge in [0.15, 0.2) is 0 Å². The highest BCUT2D eigenvalue weighted by Gasteiger charge is 2.22. The molecule has 0 aliphatic carbocycles. The molecule has 4 nitrogen and oxygen atoms in total. The average Bonchev–Trinajstić information content (AvgIpc) is 2.43. The first-order valence-electron chi connectivity index (χ1n) is 8.91. The fraction of sp³-hybridized carbons (Fsp3) is 0.842. The maximum absolute atomic E-state index is 11.9. The summed E-state index contributed by atoms with van der Waals surface area (Å²) in [6.45, 7) is 10.0. The third-order valence-electron chi connectivity index (χ3n) is 3.86. The Morgan fingerprint density at radius 3 is 2.09 bits per heavy atom. The third-order valence-corrected chi connectivity index (χ3v) is 3.86. The van der Waals surface area contributed by atoms with Gasteiger partial charge in [0, 0.05) is 25.7 Å². The number of hydrogen-bond donors (Lipinski definition) is 0. The first-order chi connectivity index (χ1) is 10.7. The van der Waals surface area contributed by atoms with Crippen LogP contribution in [0.25, 0.3) is 0 Å². The Kier molecular flexibility index (Phi) is 10.8. The Morgan fingerprint density at radius 1 is 0.913 bits per heavy atom. The number of ketones is 2. The molecular formula is C19H34O4. The van der Waals surface area contributed by atoms with Crippen molar-refractivity contribution in [3.8, 4) is 0 Å². The lowest BCUT2D eigenvalue weighted by Crippen LogP contribution is -2.28. The van der Waals surface area contributed by atoms with Gasteiger partial charge < -0.3 is 4.74 Å². The normalized spacial score (nSPS) is 11.6. The summed E-state index contributed by atoms with van der Waals surface area (Å²) in [7, 11) is 0. The quantitative estimate of drug-likeness (QED) is 0.463. The van der Waals surface area contributed by atoms with E-state index in [-0.39, 0.29) is 30.4 Å². The first kappa shape index (κ1) is 21.8. The monoisotopic (exact) mass is 326 g/mol. The molecular weight excluding hydrogens is 292 g/mol. The van der Waals surface area contributed by atoms with Crippen molar-refractivity contribution in [2.24, 2.45) is 5.92 Å². The van der Waals surface area contributed by atoms with Crippen molar-refractivity contribution in [3.05, 3.63) is 0 Å². The standard InChI is InChI=1S/C19H34O4/c1-6-16(20)10-7-11-17(21)12-13-18(22)23-19(4,5)14-8-9-15(2)3/h15H,6-14H2,1-5H3. The number of Topliss-reactive ketones (excluding diaryl/α,β-unsaturated/α-hetero) is 2. The molecule has 0 aromatic rings. The summed E-state index contributed by atoms with van der Waals surface area (Å²) in [4.78, 5) is 34.7. The molecule has 0 spiro atoms. The number of esters is 1. The molecule has 0 unspecified atom stereocenters. The molecule has 0 bridgehead atoms. The molecule has 134 valence electrons. The van der Waals surface area contributed by atoms with E-state index in [4.69, 9.17) is 4.74 Å². The van der Waals surface area contributed by atoms with Crippen molar-refractivity contribution < 1.29 is 19.1 Å². The van der Waals surface area contributed by atoms with E-state index in [0.29, 0.717) is 31.6 Å². The van der Waals surface area contributed by atoms with Crippen LogP contribution in [-0.2, 0) is 19.1 Å². The zero-order chi connectivity index (χ0) is 17.9. The minimum absolute atomic E-state index is 0.0310. The van der Waals surface area contributed by atoms with E-state index in [1.54, 1.807) is 0 Å². The molecule has 4 heteroatoms. The summed E-state index contributed by atoms with van der Waals surface area (Å²) in [6.07, 6.45) is 5.26. The number of hydrogen-bond acceptors (Lipinski definition) is 4. The smallest absolute Gasteiger partial charge is 0.306 e. The van der Waals surface area contributed by atoms with Gasteiger partial charge >= 0.3 is 5.97 Å². The molecule has 0 aromatic heterocycles. The lowest BCUT2D eigenvalue weighted by Gasteiger charge is -2.25. The number of carbonyl (C=O) groups excluding carboxylic acids is 3. The molecule has 0 radical (unpaired) electrons. The second-order valence-corrected chi connectivity index (χ2v) is 7.30. The van der Waals surface area contributed by atoms with Crippen molar-refractivity contribution in [2.45, 2.75) is 98.0 Å². The van der Waals surface area contributed by atoms with E-state index in [0.717, 1.165) is 19.3 Å². The lowest BCUT2D eigenvalue weighted by atomic mass is 9.97. The van der Waals surface area contributed by atoms with Crippen LogP contribution < -0.4 is 0 Å². The van der Waals surface area contributed by atoms with Gasteiger partial charge in [-0.05, 0) is 39.0 Å². The second-order valence-electron chi connectivity index (χ2n) is 7.30. The Balaban J connectivity index is 3.91. The van der Waals surface area contributed by atoms with Crippen LogP contribution in [0, 0.1) is 5.92 Å². The SMILES string of the molecule is CCC(=O)CCCC(=O)CCC(=O)OC(C)(C)CCCC(C)C. The lowest BCUT2D eigenvalue weighted by molar-refractivity contribution is -0.158. The van der Waals surface area contributed by atoms with E-state index in [2.05, 4.69) is 13.8 Å². The Hall–Kier alpha value is -1.19. The summed E-state index contributed by atoms with van der Waals surface area (Å²) < 4.78 is 5.48. The number of rotatable bonds is 13. The minimum Gasteiger partial charge on any atom is -0.460 e. The van der Waals surface area contributed by atoms with E-state index in [9.17, 15) is 14.4 Å². The van der Waals surface area contributed by atoms with Crippen molar-refractivity contribution >= 4 is 17.5 Å². The maximum atomic E-state index is 11.9. The number of carbonyl (C=O) groups is 3. The van der Waals surface area contributed by atoms with Crippen LogP contribution >= 0.6 is 0 Å². The second kappa shape index (κ2) is 11.4. The van der Waals surface area contributed by atoms with Gasteiger partial charge in [0.2, 0.25) is 0 Å². The Labute approximate surface area is 141 Å². The highest BCUT2D eigenvalue weighted by Crippen LogP contribution is 2.21. The van der Waals surface area contributed by atoms with Gasteiger partial charge in [-0.1, -0.05) is 27.2 Å². The van der Waals surface area contributed by atoms with Crippen molar-refractivity contribution in [2.75, 3.05) is 0 Å². The van der Waals surface area contributed by atoms with Gasteiger partial charge in [0.1, 0.15) is 17.2 Å². The van der Waals surface area contributed by atoms with Crippen LogP contribution in [0.4, 0.5) is 0 Å². The average molecular weight is 326 g/mol. The van der Waals surface area contributed by atoms with Gasteiger partial charge in [-0.3, -0.25) is 14.4 Å². The van der Waals surface area contributed by atoms with Crippen LogP contribution in [0.1, 0.15) is 92.4 Å². The predicted octanol–water partition coefficient (Wildman–Crippen LogP) is 4.63. The van der Waals surface area contributed by atoms with E-state index in [1.165, 1.54) is 0 Å². The van der Waals surface area contributed by atoms with Gasteiger partial charge in [-0.2, -0.15) is 0 Å². The molecule has 0 amide bonds. The predicted molar refractivity (Wildman–Crippen MR) is 92.3 cm³/mol. The van der Waals surface area contributed by atoms with Gasteiger partial charge in [0.25, 0.3) is 0 Å². The summed E-state index contributed by atoms with van der Waals surface area (Å²) in [5, 5.41) is 0. The van der Waals surface area contributed by atoms with E-state index >= 15 is 0 Å². The molecule has 0 N–H and O–H groups in total. The maximum Gasteiger partial charge on any atom is 0.306 e. The molecule has 23 heavy (non-hydrogen) atoms. The molecule has 0 aliphatic rings. The van der Waals surface area contributed by atoms with Gasteiger partial charge in [-0.15, -0.1) is 0 Å². The summed E-state index contributed by atoms with van der Waals surface area (Å²) in [5.41, 5.74) is -0.470. The first-order valence-corrected chi connectivity index (χ1v) is 8.91. The molecule has 0 aromatic carbocycles. The minimum atomic E-state index is -0.470. The fourth-order valence-electron chi connectivity index (χ4n) is 2.37. The zero-order valence-electron chi connectivity index (χ0n) is 15.6. The fourth-order valence-corrected chi connectivity index (χ4v) is 2.37. The number of ether oxygens (including phenoxy) is 1. The molecule has 0 aliphatic heterocycles. The molecule has 0 rings (SSSR count). The molecule has 0 saturated carbocycles. The Morgan fingerprint density at radius 2 is 1.52 bits per heavy atom. The van der Waals surface area contributed by atoms with Crippen LogP contribution in [0.5, 0.6) is 0 Å². The van der Waals surface area contributed by atoms with E-state index in [1.807, 2.05) is 20.8 Å². The van der Waals surface area contributed by atoms with Crippen molar-refractivity contribution in [3.63, 3.8) is 0 Å². The van der Waals surface area contributed by atoms with E-state index < -0.39 is 5.60 Å². The summed E-state index contributed by atoms with van der Waals surface area (Å²) >= 11 is 0. The molecule has 0 atom stereocenters. The summed E-state index contributed by atoms with van der Waals surface area (Å²) in [6, 6.07) is 0. The third kappa shape index (κ3) is 13.0. The molecule has 0 heterocycles. The largest absolute Gasteiger partial charge is 0.460 e. The topological polar surface area (TPSA) is 60.4 Å². The zero-order valence-corrected chi connectivity index (χ0v) is 15.6. The van der Waals surface area contributed by atoms with Crippen LogP contribution in [0.3, 0.4) is 0 Å². The van der Waals surface area contributed by atoms with Gasteiger partial charge in [-0.25, -0.2) is 0 Å². The van der Waals surface area contributed by atoms with Crippen LogP contribution in [-0.4, -0.2) is 23.1 Å². The highest BCUT2D eigenvalue weighted by atomic mass is 16.6. The van der Waals surface area contributed by atoms with Crippen molar-refractivity contribution in [1.82, 2.24) is 0 Å². The van der Waals surface area contributed by atoms with Crippen molar-refractivity contribution in [1.29, 1.82) is 0 Å².